The molecular weight excluding hydrogens is 496 g/mol. The molecule has 0 aromatic heterocycles. The van der Waals surface area contributed by atoms with E-state index >= 15 is 4.39 Å². The Bertz CT molecular complexity index is 1080. The summed E-state index contributed by atoms with van der Waals surface area (Å²) in [7, 11) is 1.61. The molecule has 38 heavy (non-hydrogen) atoms. The van der Waals surface area contributed by atoms with Crippen LogP contribution in [0.3, 0.4) is 0 Å². The van der Waals surface area contributed by atoms with E-state index in [0.717, 1.165) is 0 Å². The number of ether oxygens (including phenoxy) is 2. The van der Waals surface area contributed by atoms with Gasteiger partial charge in [0.1, 0.15) is 23.1 Å². The number of hydrogen-bond donors (Lipinski definition) is 3. The second-order valence-electron chi connectivity index (χ2n) is 10.3. The van der Waals surface area contributed by atoms with Gasteiger partial charge >= 0.3 is 6.03 Å². The molecule has 0 bridgehead atoms. The average Bonchev–Trinajstić information content (AvgIpc) is 3.26. The number of halogens is 2. The number of methoxy groups -OCH3 is 1. The minimum atomic E-state index is -1.57. The van der Waals surface area contributed by atoms with Crippen LogP contribution in [-0.2, 0) is 10.3 Å². The summed E-state index contributed by atoms with van der Waals surface area (Å²) in [5.74, 6) is -0.702. The molecule has 10 heteroatoms. The number of nitrogens with zero attached hydrogens (tertiary/aromatic N) is 2. The first-order valence-corrected chi connectivity index (χ1v) is 13.1. The van der Waals surface area contributed by atoms with Crippen molar-refractivity contribution in [3.63, 3.8) is 0 Å². The van der Waals surface area contributed by atoms with Gasteiger partial charge in [0.15, 0.2) is 0 Å². The van der Waals surface area contributed by atoms with Crippen LogP contribution in [0.4, 0.5) is 13.6 Å². The summed E-state index contributed by atoms with van der Waals surface area (Å²) in [4.78, 5) is 16.4. The lowest BCUT2D eigenvalue weighted by molar-refractivity contribution is -0.0600. The third-order valence-corrected chi connectivity index (χ3v) is 7.58. The lowest BCUT2D eigenvalue weighted by Gasteiger charge is -2.43. The monoisotopic (exact) mass is 533 g/mol. The zero-order valence-electron chi connectivity index (χ0n) is 21.7. The maximum absolute atomic E-state index is 15.4. The van der Waals surface area contributed by atoms with Crippen molar-refractivity contribution in [1.29, 1.82) is 0 Å². The number of carbonyl (C=O) groups excluding carboxylic acids is 1. The Morgan fingerprint density at radius 1 is 1.08 bits per heavy atom. The molecule has 208 valence electrons. The fourth-order valence-electron chi connectivity index (χ4n) is 5.45. The summed E-state index contributed by atoms with van der Waals surface area (Å²) < 4.78 is 39.6. The van der Waals surface area contributed by atoms with Gasteiger partial charge in [-0.25, -0.2) is 13.6 Å². The first-order valence-electron chi connectivity index (χ1n) is 13.1. The van der Waals surface area contributed by atoms with Crippen molar-refractivity contribution in [2.45, 2.75) is 49.9 Å². The van der Waals surface area contributed by atoms with E-state index in [4.69, 9.17) is 15.2 Å². The summed E-state index contributed by atoms with van der Waals surface area (Å²) in [6, 6.07) is 8.97. The molecule has 2 aliphatic heterocycles. The highest BCUT2D eigenvalue weighted by molar-refractivity contribution is 5.75. The first-order chi connectivity index (χ1) is 18.2. The van der Waals surface area contributed by atoms with Crippen LogP contribution in [0.2, 0.25) is 0 Å². The molecule has 2 fully saturated rings. The number of hydrogen-bond acceptors (Lipinski definition) is 6. The number of aliphatic hydroxyl groups is 2. The molecule has 1 unspecified atom stereocenters. The van der Waals surface area contributed by atoms with E-state index in [9.17, 15) is 19.4 Å². The molecule has 0 aliphatic carbocycles. The third-order valence-electron chi connectivity index (χ3n) is 7.58. The SMILES string of the molecule is COCCCC[C@@](O)(c1cc(Oc2ccc(F)cc2)ccc1F)C1CCCN(C(=O)N2C[C@@H](N)[C@@H](O)C2)C1. The highest BCUT2D eigenvalue weighted by Gasteiger charge is 2.44. The number of urea groups is 1. The summed E-state index contributed by atoms with van der Waals surface area (Å²) in [5.41, 5.74) is 4.43. The maximum atomic E-state index is 15.4. The number of aliphatic hydroxyl groups excluding tert-OH is 1. The van der Waals surface area contributed by atoms with E-state index in [0.29, 0.717) is 50.3 Å². The van der Waals surface area contributed by atoms with E-state index in [1.807, 2.05) is 0 Å². The van der Waals surface area contributed by atoms with Crippen LogP contribution in [0.25, 0.3) is 0 Å². The molecule has 8 nitrogen and oxygen atoms in total. The Balaban J connectivity index is 1.59. The Labute approximate surface area is 221 Å². The van der Waals surface area contributed by atoms with Crippen molar-refractivity contribution in [2.75, 3.05) is 39.9 Å². The van der Waals surface area contributed by atoms with Gasteiger partial charge in [0.25, 0.3) is 0 Å². The molecule has 2 heterocycles. The van der Waals surface area contributed by atoms with Gasteiger partial charge in [0, 0.05) is 57.4 Å². The van der Waals surface area contributed by atoms with Crippen molar-refractivity contribution < 1.29 is 33.3 Å². The topological polar surface area (TPSA) is 108 Å². The van der Waals surface area contributed by atoms with Crippen LogP contribution in [0.5, 0.6) is 11.5 Å². The van der Waals surface area contributed by atoms with Crippen LogP contribution in [-0.4, -0.2) is 78.1 Å². The number of rotatable bonds is 9. The standard InChI is InChI=1S/C28H37F2N3O5/c1-37-14-3-2-12-28(36,19-5-4-13-32(16-19)27(35)33-17-25(31)26(34)18-33)23-15-22(10-11-24(23)30)38-21-8-6-20(29)7-9-21/h6-11,15,19,25-26,34,36H,2-5,12-14,16-18,31H2,1H3/t19?,25-,26+,28+/m1/s1. The maximum Gasteiger partial charge on any atom is 0.320 e. The van der Waals surface area contributed by atoms with E-state index in [1.165, 1.54) is 47.4 Å². The number of benzene rings is 2. The molecule has 4 atom stereocenters. The van der Waals surface area contributed by atoms with Gasteiger partial charge < -0.3 is 35.2 Å². The Morgan fingerprint density at radius 3 is 2.50 bits per heavy atom. The van der Waals surface area contributed by atoms with E-state index in [1.54, 1.807) is 12.0 Å². The van der Waals surface area contributed by atoms with Crippen LogP contribution < -0.4 is 10.5 Å². The van der Waals surface area contributed by atoms with E-state index < -0.39 is 35.3 Å². The summed E-state index contributed by atoms with van der Waals surface area (Å²) in [6.45, 7) is 1.69. The van der Waals surface area contributed by atoms with Crippen LogP contribution in [0.15, 0.2) is 42.5 Å². The smallest absolute Gasteiger partial charge is 0.320 e. The minimum absolute atomic E-state index is 0.104. The zero-order chi connectivity index (χ0) is 27.3. The van der Waals surface area contributed by atoms with E-state index in [2.05, 4.69) is 0 Å². The van der Waals surface area contributed by atoms with Gasteiger partial charge in [-0.1, -0.05) is 0 Å². The summed E-state index contributed by atoms with van der Waals surface area (Å²) in [6.07, 6.45) is 2.03. The largest absolute Gasteiger partial charge is 0.457 e. The second-order valence-corrected chi connectivity index (χ2v) is 10.3. The number of amides is 2. The highest BCUT2D eigenvalue weighted by atomic mass is 19.1. The fraction of sp³-hybridized carbons (Fsp3) is 0.536. The highest BCUT2D eigenvalue weighted by Crippen LogP contribution is 2.42. The van der Waals surface area contributed by atoms with Gasteiger partial charge in [-0.05, 0) is 74.6 Å². The number of β-amino-alcohol motifs (C(OH)–C–C–N with tert-alkyl or cyclic N) is 1. The molecule has 0 saturated carbocycles. The van der Waals surface area contributed by atoms with Gasteiger partial charge in [0.2, 0.25) is 0 Å². The summed E-state index contributed by atoms with van der Waals surface area (Å²) in [5, 5.41) is 22.2. The molecule has 2 aromatic rings. The van der Waals surface area contributed by atoms with Gasteiger partial charge in [-0.2, -0.15) is 0 Å². The fourth-order valence-corrected chi connectivity index (χ4v) is 5.45. The Kier molecular flexibility index (Phi) is 9.19. The average molecular weight is 534 g/mol. The normalized spacial score (nSPS) is 23.4. The van der Waals surface area contributed by atoms with Gasteiger partial charge in [-0.15, -0.1) is 0 Å². The molecule has 0 radical (unpaired) electrons. The predicted molar refractivity (Wildman–Crippen MR) is 138 cm³/mol. The second kappa shape index (κ2) is 12.4. The van der Waals surface area contributed by atoms with Crippen molar-refractivity contribution in [3.8, 4) is 11.5 Å². The van der Waals surface area contributed by atoms with E-state index in [-0.39, 0.29) is 37.6 Å². The molecule has 4 rings (SSSR count). The minimum Gasteiger partial charge on any atom is -0.457 e. The summed E-state index contributed by atoms with van der Waals surface area (Å²) >= 11 is 0. The number of nitrogens with two attached hydrogens (primary N) is 1. The van der Waals surface area contributed by atoms with Crippen LogP contribution in [0.1, 0.15) is 37.7 Å². The zero-order valence-corrected chi connectivity index (χ0v) is 21.7. The molecule has 0 spiro atoms. The number of carbonyl (C=O) groups is 1. The molecule has 2 aromatic carbocycles. The predicted octanol–water partition coefficient (Wildman–Crippen LogP) is 3.60. The van der Waals surface area contributed by atoms with Crippen molar-refractivity contribution in [1.82, 2.24) is 9.80 Å². The first kappa shape index (κ1) is 28.2. The number of piperidine rings is 1. The van der Waals surface area contributed by atoms with Gasteiger partial charge in [-0.3, -0.25) is 0 Å². The molecular formula is C28H37F2N3O5. The quantitative estimate of drug-likeness (QED) is 0.425. The number of likely N-dealkylation sites (tertiary alicyclic amines) is 2. The van der Waals surface area contributed by atoms with Crippen LogP contribution in [0, 0.1) is 17.6 Å². The van der Waals surface area contributed by atoms with Crippen molar-refractivity contribution >= 4 is 6.03 Å². The van der Waals surface area contributed by atoms with Gasteiger partial charge in [0.05, 0.1) is 11.7 Å². The van der Waals surface area contributed by atoms with Crippen LogP contribution >= 0.6 is 0 Å². The molecule has 4 N–H and O–H groups in total. The molecule has 2 aliphatic rings. The number of unbranched alkanes of at least 4 members (excludes halogenated alkanes) is 1. The lowest BCUT2D eigenvalue weighted by atomic mass is 9.74. The third kappa shape index (κ3) is 6.43. The molecule has 2 saturated heterocycles. The van der Waals surface area contributed by atoms with Crippen molar-refractivity contribution in [2.24, 2.45) is 11.7 Å². The van der Waals surface area contributed by atoms with Crippen molar-refractivity contribution in [3.05, 3.63) is 59.7 Å². The Hall–Kier alpha value is -2.79. The Morgan fingerprint density at radius 2 is 1.82 bits per heavy atom. The molecule has 2 amide bonds. The lowest BCUT2D eigenvalue weighted by Crippen LogP contribution is -2.52.